The molecule has 1 fully saturated rings. The summed E-state index contributed by atoms with van der Waals surface area (Å²) in [7, 11) is 0. The van der Waals surface area contributed by atoms with Crippen LogP contribution in [0.5, 0.6) is 0 Å². The maximum Gasteiger partial charge on any atom is 0.191 e. The fraction of sp³-hybridized carbons (Fsp3) is 0.438. The van der Waals surface area contributed by atoms with Crippen LogP contribution in [0.15, 0.2) is 35.6 Å². The smallest absolute Gasteiger partial charge is 0.191 e. The van der Waals surface area contributed by atoms with Crippen molar-refractivity contribution in [3.63, 3.8) is 0 Å². The summed E-state index contributed by atoms with van der Waals surface area (Å²) >= 11 is 6.24. The largest absolute Gasteiger partial charge is 0.357 e. The lowest BCUT2D eigenvalue weighted by atomic mass is 10.3. The van der Waals surface area contributed by atoms with E-state index in [1.54, 1.807) is 12.4 Å². The molecule has 1 saturated heterocycles. The van der Waals surface area contributed by atoms with Crippen molar-refractivity contribution in [1.29, 1.82) is 0 Å². The van der Waals surface area contributed by atoms with E-state index < -0.39 is 0 Å². The van der Waals surface area contributed by atoms with E-state index in [0.29, 0.717) is 17.6 Å². The normalized spacial score (nSPS) is 17.3. The van der Waals surface area contributed by atoms with Gasteiger partial charge in [0.15, 0.2) is 5.96 Å². The summed E-state index contributed by atoms with van der Waals surface area (Å²) < 4.78 is 0. The first-order valence-corrected chi connectivity index (χ1v) is 8.52. The van der Waals surface area contributed by atoms with Crippen molar-refractivity contribution >= 4 is 47.4 Å². The third kappa shape index (κ3) is 5.46. The number of anilines is 1. The van der Waals surface area contributed by atoms with Gasteiger partial charge in [-0.1, -0.05) is 11.6 Å². The number of hydrogen-bond acceptors (Lipinski definition) is 4. The van der Waals surface area contributed by atoms with Crippen LogP contribution in [0.4, 0.5) is 5.82 Å². The molecule has 0 saturated carbocycles. The molecule has 0 bridgehead atoms. The number of pyridine rings is 1. The summed E-state index contributed by atoms with van der Waals surface area (Å²) in [5, 5.41) is 14.3. The molecule has 3 rings (SSSR count). The van der Waals surface area contributed by atoms with Crippen LogP contribution in [0.3, 0.4) is 0 Å². The standard InChI is InChI=1S/C16H22ClN7.HI/c1-2-18-16(20-10-12-5-8-21-23-12)22-13-6-9-24(11-13)15-14(17)4-3-7-19-15;/h3-5,7-8,13H,2,6,9-11H2,1H3,(H,21,23)(H2,18,20,22);1H. The predicted molar refractivity (Wildman–Crippen MR) is 112 cm³/mol. The number of aromatic nitrogens is 3. The fourth-order valence-electron chi connectivity index (χ4n) is 2.73. The van der Waals surface area contributed by atoms with Crippen LogP contribution in [-0.4, -0.2) is 46.8 Å². The van der Waals surface area contributed by atoms with Crippen LogP contribution < -0.4 is 15.5 Å². The van der Waals surface area contributed by atoms with Gasteiger partial charge in [0.05, 0.1) is 17.3 Å². The van der Waals surface area contributed by atoms with E-state index in [9.17, 15) is 0 Å². The Bertz CT molecular complexity index is 677. The van der Waals surface area contributed by atoms with E-state index >= 15 is 0 Å². The predicted octanol–water partition coefficient (Wildman–Crippen LogP) is 2.41. The molecule has 0 spiro atoms. The summed E-state index contributed by atoms with van der Waals surface area (Å²) in [6.07, 6.45) is 4.52. The number of aliphatic imine (C=N–C) groups is 1. The lowest BCUT2D eigenvalue weighted by Gasteiger charge is -2.20. The second kappa shape index (κ2) is 9.81. The molecule has 0 radical (unpaired) electrons. The van der Waals surface area contributed by atoms with Gasteiger partial charge in [0.2, 0.25) is 0 Å². The molecule has 3 heterocycles. The first-order chi connectivity index (χ1) is 11.8. The molecule has 1 atom stereocenters. The summed E-state index contributed by atoms with van der Waals surface area (Å²) in [5.41, 5.74) is 0.987. The van der Waals surface area contributed by atoms with Crippen molar-refractivity contribution in [2.24, 2.45) is 4.99 Å². The molecule has 1 aliphatic heterocycles. The fourth-order valence-corrected chi connectivity index (χ4v) is 2.97. The second-order valence-corrected chi connectivity index (χ2v) is 6.07. The van der Waals surface area contributed by atoms with Crippen molar-refractivity contribution in [2.45, 2.75) is 25.9 Å². The molecule has 136 valence electrons. The quantitative estimate of drug-likeness (QED) is 0.352. The SMILES string of the molecule is CCNC(=NCc1ccn[nH]1)NC1CCN(c2ncccc2Cl)C1.I. The molecule has 0 amide bonds. The number of nitrogens with zero attached hydrogens (tertiary/aromatic N) is 4. The van der Waals surface area contributed by atoms with Crippen LogP contribution in [0.2, 0.25) is 5.02 Å². The van der Waals surface area contributed by atoms with Crippen molar-refractivity contribution in [2.75, 3.05) is 24.5 Å². The number of H-pyrrole nitrogens is 1. The van der Waals surface area contributed by atoms with E-state index in [2.05, 4.69) is 42.6 Å². The van der Waals surface area contributed by atoms with Crippen molar-refractivity contribution < 1.29 is 0 Å². The van der Waals surface area contributed by atoms with Crippen LogP contribution in [0.25, 0.3) is 0 Å². The molecule has 9 heteroatoms. The van der Waals surface area contributed by atoms with E-state index in [1.807, 2.05) is 18.2 Å². The second-order valence-electron chi connectivity index (χ2n) is 5.66. The number of aromatic amines is 1. The van der Waals surface area contributed by atoms with Crippen LogP contribution >= 0.6 is 35.6 Å². The van der Waals surface area contributed by atoms with Crippen LogP contribution in [0.1, 0.15) is 19.0 Å². The van der Waals surface area contributed by atoms with Gasteiger partial charge in [-0.3, -0.25) is 5.10 Å². The van der Waals surface area contributed by atoms with E-state index in [4.69, 9.17) is 11.6 Å². The monoisotopic (exact) mass is 475 g/mol. The van der Waals surface area contributed by atoms with Gasteiger partial charge in [0.1, 0.15) is 5.82 Å². The molecule has 0 aromatic carbocycles. The van der Waals surface area contributed by atoms with Crippen LogP contribution in [-0.2, 0) is 6.54 Å². The Morgan fingerprint density at radius 1 is 1.44 bits per heavy atom. The highest BCUT2D eigenvalue weighted by Crippen LogP contribution is 2.25. The molecule has 7 nitrogen and oxygen atoms in total. The molecule has 1 unspecified atom stereocenters. The molecule has 2 aromatic heterocycles. The summed E-state index contributed by atoms with van der Waals surface area (Å²) in [4.78, 5) is 11.2. The first kappa shape index (κ1) is 19.8. The molecular formula is C16H23ClIN7. The highest BCUT2D eigenvalue weighted by Gasteiger charge is 2.25. The summed E-state index contributed by atoms with van der Waals surface area (Å²) in [5.74, 6) is 1.66. The maximum atomic E-state index is 6.24. The van der Waals surface area contributed by atoms with Gasteiger partial charge >= 0.3 is 0 Å². The van der Waals surface area contributed by atoms with E-state index in [0.717, 1.165) is 43.5 Å². The lowest BCUT2D eigenvalue weighted by molar-refractivity contribution is 0.648. The summed E-state index contributed by atoms with van der Waals surface area (Å²) in [6, 6.07) is 5.96. The minimum Gasteiger partial charge on any atom is -0.357 e. The van der Waals surface area contributed by atoms with Gasteiger partial charge in [-0.05, 0) is 31.5 Å². The lowest BCUT2D eigenvalue weighted by Crippen LogP contribution is -2.44. The Morgan fingerprint density at radius 3 is 3.04 bits per heavy atom. The molecular weight excluding hydrogens is 453 g/mol. The highest BCUT2D eigenvalue weighted by molar-refractivity contribution is 14.0. The number of rotatable bonds is 5. The highest BCUT2D eigenvalue weighted by atomic mass is 127. The molecule has 25 heavy (non-hydrogen) atoms. The van der Waals surface area contributed by atoms with Gasteiger partial charge in [0.25, 0.3) is 0 Å². The van der Waals surface area contributed by atoms with Crippen molar-refractivity contribution in [3.05, 3.63) is 41.3 Å². The molecule has 1 aliphatic rings. The molecule has 2 aromatic rings. The van der Waals surface area contributed by atoms with E-state index in [-0.39, 0.29) is 24.0 Å². The zero-order chi connectivity index (χ0) is 16.8. The average molecular weight is 476 g/mol. The Balaban J connectivity index is 0.00000225. The van der Waals surface area contributed by atoms with Gasteiger partial charge in [-0.2, -0.15) is 5.10 Å². The molecule has 0 aliphatic carbocycles. The van der Waals surface area contributed by atoms with Gasteiger partial charge in [0, 0.05) is 38.1 Å². The first-order valence-electron chi connectivity index (χ1n) is 8.15. The van der Waals surface area contributed by atoms with Crippen molar-refractivity contribution in [1.82, 2.24) is 25.8 Å². The minimum absolute atomic E-state index is 0. The van der Waals surface area contributed by atoms with Gasteiger partial charge < -0.3 is 15.5 Å². The Morgan fingerprint density at radius 2 is 2.32 bits per heavy atom. The Labute approximate surface area is 169 Å². The third-order valence-corrected chi connectivity index (χ3v) is 4.17. The Kier molecular flexibility index (Phi) is 7.76. The average Bonchev–Trinajstić information content (AvgIpc) is 3.25. The van der Waals surface area contributed by atoms with Crippen LogP contribution in [0, 0.1) is 0 Å². The Hall–Kier alpha value is -1.55. The summed E-state index contributed by atoms with van der Waals surface area (Å²) in [6.45, 7) is 5.22. The minimum atomic E-state index is 0. The third-order valence-electron chi connectivity index (χ3n) is 3.88. The number of nitrogens with one attached hydrogen (secondary N) is 3. The van der Waals surface area contributed by atoms with Gasteiger partial charge in [-0.25, -0.2) is 9.98 Å². The van der Waals surface area contributed by atoms with E-state index in [1.165, 1.54) is 0 Å². The van der Waals surface area contributed by atoms with Crippen molar-refractivity contribution in [3.8, 4) is 0 Å². The maximum absolute atomic E-state index is 6.24. The van der Waals surface area contributed by atoms with Gasteiger partial charge in [-0.15, -0.1) is 24.0 Å². The number of guanidine groups is 1. The number of hydrogen-bond donors (Lipinski definition) is 3. The number of halogens is 2. The molecule has 3 N–H and O–H groups in total. The topological polar surface area (TPSA) is 81.2 Å². The zero-order valence-electron chi connectivity index (χ0n) is 14.1. The zero-order valence-corrected chi connectivity index (χ0v) is 17.2.